The van der Waals surface area contributed by atoms with Crippen LogP contribution in [-0.4, -0.2) is 73.0 Å². The lowest BCUT2D eigenvalue weighted by Gasteiger charge is -2.41. The van der Waals surface area contributed by atoms with E-state index in [0.29, 0.717) is 6.54 Å². The molecule has 2 aliphatic rings. The smallest absolute Gasteiger partial charge is 0.244 e. The Morgan fingerprint density at radius 2 is 1.72 bits per heavy atom. The Morgan fingerprint density at radius 1 is 1.08 bits per heavy atom. The van der Waals surface area contributed by atoms with Crippen LogP contribution >= 0.6 is 24.8 Å². The Bertz CT molecular complexity index is 523. The molecule has 25 heavy (non-hydrogen) atoms. The molecule has 3 rings (SSSR count). The molecule has 2 heterocycles. The van der Waals surface area contributed by atoms with Gasteiger partial charge in [-0.15, -0.1) is 24.8 Å². The van der Waals surface area contributed by atoms with Crippen molar-refractivity contribution in [2.45, 2.75) is 24.9 Å². The minimum Gasteiger partial charge on any atom is -0.339 e. The van der Waals surface area contributed by atoms with Gasteiger partial charge in [0.05, 0.1) is 0 Å². The van der Waals surface area contributed by atoms with Crippen molar-refractivity contribution in [2.75, 3.05) is 46.3 Å². The summed E-state index contributed by atoms with van der Waals surface area (Å²) in [5, 5.41) is 0. The Labute approximate surface area is 163 Å². The van der Waals surface area contributed by atoms with Gasteiger partial charge in [-0.2, -0.15) is 0 Å². The molecule has 2 saturated heterocycles. The third-order valence-corrected chi connectivity index (χ3v) is 5.02. The van der Waals surface area contributed by atoms with Crippen LogP contribution in [-0.2, 0) is 4.79 Å². The second-order valence-corrected chi connectivity index (χ2v) is 6.84. The Kier molecular flexibility index (Phi) is 9.17. The monoisotopic (exact) mass is 388 g/mol. The quantitative estimate of drug-likeness (QED) is 0.856. The van der Waals surface area contributed by atoms with Crippen molar-refractivity contribution < 1.29 is 4.79 Å². The van der Waals surface area contributed by atoms with Crippen LogP contribution < -0.4 is 5.73 Å². The van der Waals surface area contributed by atoms with Gasteiger partial charge in [-0.05, 0) is 25.5 Å². The van der Waals surface area contributed by atoms with Gasteiger partial charge in [0.2, 0.25) is 5.91 Å². The fraction of sp³-hybridized carbons (Fsp3) is 0.611. The summed E-state index contributed by atoms with van der Waals surface area (Å²) < 4.78 is 0. The molecule has 2 fully saturated rings. The summed E-state index contributed by atoms with van der Waals surface area (Å²) in [5.41, 5.74) is 7.18. The van der Waals surface area contributed by atoms with Crippen molar-refractivity contribution in [1.82, 2.24) is 14.7 Å². The highest BCUT2D eigenvalue weighted by Gasteiger charge is 2.34. The number of nitrogens with zero attached hydrogens (tertiary/aromatic N) is 3. The molecule has 0 aliphatic carbocycles. The lowest BCUT2D eigenvalue weighted by Crippen LogP contribution is -2.53. The number of halogens is 2. The zero-order chi connectivity index (χ0) is 16.2. The second-order valence-electron chi connectivity index (χ2n) is 6.84. The molecule has 1 aromatic carbocycles. The van der Waals surface area contributed by atoms with E-state index >= 15 is 0 Å². The van der Waals surface area contributed by atoms with Crippen LogP contribution in [0.15, 0.2) is 30.3 Å². The number of benzene rings is 1. The van der Waals surface area contributed by atoms with Crippen LogP contribution in [0, 0.1) is 0 Å². The van der Waals surface area contributed by atoms with Crippen LogP contribution in [0.3, 0.4) is 0 Å². The largest absolute Gasteiger partial charge is 0.339 e. The van der Waals surface area contributed by atoms with Crippen molar-refractivity contribution in [2.24, 2.45) is 5.73 Å². The van der Waals surface area contributed by atoms with Crippen LogP contribution in [0.4, 0.5) is 0 Å². The zero-order valence-electron chi connectivity index (χ0n) is 14.8. The molecule has 1 amide bonds. The molecule has 0 aromatic heterocycles. The highest BCUT2D eigenvalue weighted by atomic mass is 35.5. The van der Waals surface area contributed by atoms with Crippen molar-refractivity contribution in [3.05, 3.63) is 35.9 Å². The third-order valence-electron chi connectivity index (χ3n) is 5.02. The molecular weight excluding hydrogens is 359 g/mol. The van der Waals surface area contributed by atoms with Gasteiger partial charge in [0, 0.05) is 45.3 Å². The third kappa shape index (κ3) is 5.56. The first-order chi connectivity index (χ1) is 11.1. The van der Waals surface area contributed by atoms with E-state index in [9.17, 15) is 4.79 Å². The first kappa shape index (κ1) is 22.2. The van der Waals surface area contributed by atoms with E-state index in [1.807, 2.05) is 23.1 Å². The lowest BCUT2D eigenvalue weighted by molar-refractivity contribution is -0.139. The number of nitrogens with two attached hydrogens (primary N) is 1. The summed E-state index contributed by atoms with van der Waals surface area (Å²) in [4.78, 5) is 19.9. The number of carbonyl (C=O) groups is 1. The van der Waals surface area contributed by atoms with E-state index in [-0.39, 0.29) is 42.8 Å². The van der Waals surface area contributed by atoms with Crippen molar-refractivity contribution >= 4 is 30.7 Å². The average molecular weight is 389 g/mol. The summed E-state index contributed by atoms with van der Waals surface area (Å²) in [7, 11) is 2.14. The fourth-order valence-electron chi connectivity index (χ4n) is 3.61. The lowest BCUT2D eigenvalue weighted by atomic mass is 10.00. The molecular formula is C18H30Cl2N4O. The van der Waals surface area contributed by atoms with Gasteiger partial charge in [-0.3, -0.25) is 9.69 Å². The Balaban J connectivity index is 0.00000156. The maximum Gasteiger partial charge on any atom is 0.244 e. The van der Waals surface area contributed by atoms with Crippen LogP contribution in [0.2, 0.25) is 0 Å². The maximum absolute atomic E-state index is 13.2. The molecule has 0 radical (unpaired) electrons. The van der Waals surface area contributed by atoms with Gasteiger partial charge >= 0.3 is 0 Å². The van der Waals surface area contributed by atoms with E-state index in [2.05, 4.69) is 29.0 Å². The maximum atomic E-state index is 13.2. The van der Waals surface area contributed by atoms with Gasteiger partial charge in [0.25, 0.3) is 0 Å². The summed E-state index contributed by atoms with van der Waals surface area (Å²) in [6.45, 7) is 5.41. The number of amides is 1. The summed E-state index contributed by atoms with van der Waals surface area (Å²) >= 11 is 0. The number of piperazine rings is 1. The summed E-state index contributed by atoms with van der Waals surface area (Å²) in [6, 6.07) is 10.1. The number of likely N-dealkylation sites (tertiary alicyclic amines) is 1. The van der Waals surface area contributed by atoms with Crippen molar-refractivity contribution in [3.8, 4) is 0 Å². The molecule has 7 heteroatoms. The summed E-state index contributed by atoms with van der Waals surface area (Å²) in [6.07, 6.45) is 2.03. The van der Waals surface area contributed by atoms with E-state index in [1.165, 1.54) is 0 Å². The molecule has 142 valence electrons. The number of hydrogen-bond donors (Lipinski definition) is 1. The summed E-state index contributed by atoms with van der Waals surface area (Å²) in [5.74, 6) is 0.218. The van der Waals surface area contributed by atoms with Gasteiger partial charge in [-0.25, -0.2) is 0 Å². The molecule has 2 unspecified atom stereocenters. The van der Waals surface area contributed by atoms with Crippen LogP contribution in [0.1, 0.15) is 24.4 Å². The van der Waals surface area contributed by atoms with Crippen LogP contribution in [0.5, 0.6) is 0 Å². The number of hydrogen-bond acceptors (Lipinski definition) is 4. The van der Waals surface area contributed by atoms with Crippen molar-refractivity contribution in [3.63, 3.8) is 0 Å². The molecule has 1 aromatic rings. The molecule has 2 N–H and O–H groups in total. The molecule has 2 aliphatic heterocycles. The molecule has 5 nitrogen and oxygen atoms in total. The molecule has 0 bridgehead atoms. The predicted octanol–water partition coefficient (Wildman–Crippen LogP) is 1.77. The second kappa shape index (κ2) is 10.3. The first-order valence-corrected chi connectivity index (χ1v) is 8.67. The van der Waals surface area contributed by atoms with Gasteiger partial charge in [-0.1, -0.05) is 30.3 Å². The number of likely N-dealkylation sites (N-methyl/N-ethyl adjacent to an activating group) is 1. The molecule has 2 atom stereocenters. The van der Waals surface area contributed by atoms with E-state index in [0.717, 1.165) is 51.1 Å². The van der Waals surface area contributed by atoms with E-state index < -0.39 is 0 Å². The van der Waals surface area contributed by atoms with Gasteiger partial charge < -0.3 is 15.5 Å². The minimum absolute atomic E-state index is 0. The van der Waals surface area contributed by atoms with Gasteiger partial charge in [0.1, 0.15) is 6.04 Å². The Hall–Kier alpha value is -0.850. The topological polar surface area (TPSA) is 52.8 Å². The normalized spacial score (nSPS) is 23.3. The number of carbonyl (C=O) groups excluding carboxylic acids is 1. The molecule has 0 spiro atoms. The van der Waals surface area contributed by atoms with E-state index in [4.69, 9.17) is 5.73 Å². The zero-order valence-corrected chi connectivity index (χ0v) is 16.5. The highest BCUT2D eigenvalue weighted by Crippen LogP contribution is 2.26. The highest BCUT2D eigenvalue weighted by molar-refractivity contribution is 5.85. The SMILES string of the molecule is CN1CCN(C(C(=O)N2CCCC(N)C2)c2ccccc2)CC1.Cl.Cl. The number of piperidine rings is 1. The van der Waals surface area contributed by atoms with Crippen LogP contribution in [0.25, 0.3) is 0 Å². The number of rotatable bonds is 3. The van der Waals surface area contributed by atoms with E-state index in [1.54, 1.807) is 0 Å². The minimum atomic E-state index is -0.171. The van der Waals surface area contributed by atoms with Gasteiger partial charge in [0.15, 0.2) is 0 Å². The standard InChI is InChI=1S/C18H28N4O.2ClH/c1-20-10-12-21(13-11-20)17(15-6-3-2-4-7-15)18(23)22-9-5-8-16(19)14-22;;/h2-4,6-7,16-17H,5,8-14,19H2,1H3;2*1H. The van der Waals surface area contributed by atoms with Crippen molar-refractivity contribution in [1.29, 1.82) is 0 Å². The fourth-order valence-corrected chi connectivity index (χ4v) is 3.61. The predicted molar refractivity (Wildman–Crippen MR) is 107 cm³/mol. The molecule has 0 saturated carbocycles. The first-order valence-electron chi connectivity index (χ1n) is 8.67. The Morgan fingerprint density at radius 3 is 2.32 bits per heavy atom. The average Bonchev–Trinajstić information content (AvgIpc) is 2.58.